The molecule has 1 aliphatic heterocycles. The molecule has 3 rings (SSSR count). The van der Waals surface area contributed by atoms with E-state index in [9.17, 15) is 14.7 Å². The number of carboxylic acids is 1. The summed E-state index contributed by atoms with van der Waals surface area (Å²) in [6.07, 6.45) is 2.22. The Morgan fingerprint density at radius 2 is 1.77 bits per heavy atom. The molecule has 2 atom stereocenters. The molecule has 1 aromatic carbocycles. The van der Waals surface area contributed by atoms with Crippen LogP contribution in [0.3, 0.4) is 0 Å². The summed E-state index contributed by atoms with van der Waals surface area (Å²) in [5.41, 5.74) is 1.86. The van der Waals surface area contributed by atoms with E-state index in [0.29, 0.717) is 30.5 Å². The lowest BCUT2D eigenvalue weighted by atomic mass is 9.92. The van der Waals surface area contributed by atoms with Crippen LogP contribution in [0.25, 0.3) is 0 Å². The van der Waals surface area contributed by atoms with E-state index in [1.54, 1.807) is 4.90 Å². The van der Waals surface area contributed by atoms with Crippen molar-refractivity contribution in [3.63, 3.8) is 0 Å². The molecule has 2 aliphatic rings. The summed E-state index contributed by atoms with van der Waals surface area (Å²) in [7, 11) is 0. The topological polar surface area (TPSA) is 57.6 Å². The van der Waals surface area contributed by atoms with Gasteiger partial charge < -0.3 is 10.0 Å². The van der Waals surface area contributed by atoms with E-state index in [0.717, 1.165) is 12.8 Å². The summed E-state index contributed by atoms with van der Waals surface area (Å²) in [6, 6.07) is 7.69. The molecule has 1 aromatic rings. The predicted octanol–water partition coefficient (Wildman–Crippen LogP) is 2.99. The van der Waals surface area contributed by atoms with Crippen LogP contribution in [0.5, 0.6) is 0 Å². The fourth-order valence-electron chi connectivity index (χ4n) is 3.45. The first-order chi connectivity index (χ1) is 10.5. The van der Waals surface area contributed by atoms with Gasteiger partial charge in [0.05, 0.1) is 5.92 Å². The number of rotatable bonds is 4. The molecule has 118 valence electrons. The molecule has 0 aromatic heterocycles. The van der Waals surface area contributed by atoms with Crippen LogP contribution in [-0.2, 0) is 4.79 Å². The minimum atomic E-state index is -0.762. The first-order valence-corrected chi connectivity index (χ1v) is 8.09. The summed E-state index contributed by atoms with van der Waals surface area (Å²) < 4.78 is 0. The second-order valence-electron chi connectivity index (χ2n) is 6.93. The number of hydrogen-bond acceptors (Lipinski definition) is 2. The van der Waals surface area contributed by atoms with Crippen LogP contribution < -0.4 is 0 Å². The minimum Gasteiger partial charge on any atom is -0.481 e. The number of carbonyl (C=O) groups is 2. The van der Waals surface area contributed by atoms with Crippen molar-refractivity contribution in [1.29, 1.82) is 0 Å². The average molecular weight is 301 g/mol. The van der Waals surface area contributed by atoms with Crippen LogP contribution in [0, 0.1) is 17.8 Å². The van der Waals surface area contributed by atoms with Crippen molar-refractivity contribution < 1.29 is 14.7 Å². The Labute approximate surface area is 131 Å². The molecular formula is C18H23NO3. The third kappa shape index (κ3) is 2.87. The van der Waals surface area contributed by atoms with E-state index in [-0.39, 0.29) is 11.8 Å². The monoisotopic (exact) mass is 301 g/mol. The fraction of sp³-hybridized carbons (Fsp3) is 0.556. The molecule has 0 unspecified atom stereocenters. The summed E-state index contributed by atoms with van der Waals surface area (Å²) in [5.74, 6) is -0.122. The second kappa shape index (κ2) is 5.75. The predicted molar refractivity (Wildman–Crippen MR) is 83.8 cm³/mol. The summed E-state index contributed by atoms with van der Waals surface area (Å²) in [6.45, 7) is 5.18. The maximum absolute atomic E-state index is 12.6. The van der Waals surface area contributed by atoms with Crippen LogP contribution >= 0.6 is 0 Å². The van der Waals surface area contributed by atoms with E-state index in [1.165, 1.54) is 5.56 Å². The van der Waals surface area contributed by atoms with Crippen molar-refractivity contribution in [2.75, 3.05) is 13.1 Å². The van der Waals surface area contributed by atoms with Crippen LogP contribution in [0.4, 0.5) is 0 Å². The van der Waals surface area contributed by atoms with Gasteiger partial charge in [0, 0.05) is 18.7 Å². The van der Waals surface area contributed by atoms with E-state index in [1.807, 2.05) is 24.3 Å². The maximum Gasteiger partial charge on any atom is 0.308 e. The first-order valence-electron chi connectivity index (χ1n) is 8.09. The zero-order valence-electron chi connectivity index (χ0n) is 13.2. The zero-order valence-corrected chi connectivity index (χ0v) is 13.2. The van der Waals surface area contributed by atoms with Crippen molar-refractivity contribution in [2.24, 2.45) is 17.8 Å². The third-order valence-electron chi connectivity index (χ3n) is 5.02. The summed E-state index contributed by atoms with van der Waals surface area (Å²) in [4.78, 5) is 25.8. The van der Waals surface area contributed by atoms with Crippen molar-refractivity contribution in [3.8, 4) is 0 Å². The van der Waals surface area contributed by atoms with Crippen molar-refractivity contribution in [2.45, 2.75) is 32.6 Å². The summed E-state index contributed by atoms with van der Waals surface area (Å²) in [5, 5.41) is 9.39. The number of hydrogen-bond donors (Lipinski definition) is 1. The van der Waals surface area contributed by atoms with E-state index >= 15 is 0 Å². The lowest BCUT2D eigenvalue weighted by Gasteiger charge is -2.17. The molecule has 1 aliphatic carbocycles. The zero-order chi connectivity index (χ0) is 15.9. The number of aliphatic carboxylic acids is 1. The second-order valence-corrected chi connectivity index (χ2v) is 6.93. The van der Waals surface area contributed by atoms with Crippen LogP contribution in [0.1, 0.15) is 48.5 Å². The Morgan fingerprint density at radius 3 is 2.27 bits per heavy atom. The maximum atomic E-state index is 12.6. The number of amides is 1. The first kappa shape index (κ1) is 15.1. The van der Waals surface area contributed by atoms with Gasteiger partial charge in [-0.25, -0.2) is 0 Å². The number of carboxylic acid groups (broad SMARTS) is 1. The highest BCUT2D eigenvalue weighted by Gasteiger charge is 2.46. The highest BCUT2D eigenvalue weighted by molar-refractivity contribution is 5.95. The average Bonchev–Trinajstić information content (AvgIpc) is 3.25. The third-order valence-corrected chi connectivity index (χ3v) is 5.02. The Hall–Kier alpha value is -1.84. The highest BCUT2D eigenvalue weighted by Crippen LogP contribution is 2.44. The largest absolute Gasteiger partial charge is 0.481 e. The number of benzene rings is 1. The smallest absolute Gasteiger partial charge is 0.308 e. The Balaban J connectivity index is 1.73. The van der Waals surface area contributed by atoms with Gasteiger partial charge >= 0.3 is 5.97 Å². The molecule has 1 saturated heterocycles. The molecule has 22 heavy (non-hydrogen) atoms. The van der Waals surface area contributed by atoms with Gasteiger partial charge in [0.2, 0.25) is 0 Å². The molecule has 4 nitrogen and oxygen atoms in total. The van der Waals surface area contributed by atoms with Gasteiger partial charge in [-0.1, -0.05) is 26.0 Å². The lowest BCUT2D eigenvalue weighted by Crippen LogP contribution is -2.29. The molecule has 1 heterocycles. The van der Waals surface area contributed by atoms with Gasteiger partial charge in [0.15, 0.2) is 0 Å². The number of likely N-dealkylation sites (tertiary alicyclic amines) is 1. The van der Waals surface area contributed by atoms with E-state index in [4.69, 9.17) is 0 Å². The van der Waals surface area contributed by atoms with Gasteiger partial charge in [-0.15, -0.1) is 0 Å². The molecule has 0 bridgehead atoms. The summed E-state index contributed by atoms with van der Waals surface area (Å²) >= 11 is 0. The number of nitrogens with zero attached hydrogens (tertiary/aromatic N) is 1. The van der Waals surface area contributed by atoms with Crippen molar-refractivity contribution >= 4 is 11.9 Å². The SMILES string of the molecule is CC(C)c1ccc(C(=O)N2C[C@H](C(=O)O)[C@@H](C3CC3)C2)cc1. The molecule has 2 fully saturated rings. The Kier molecular flexibility index (Phi) is 3.94. The molecule has 1 saturated carbocycles. The standard InChI is InChI=1S/C18H23NO3/c1-11(2)12-3-7-14(8-4-12)17(20)19-9-15(13-5-6-13)16(10-19)18(21)22/h3-4,7-8,11,13,15-16H,5-6,9-10H2,1-2H3,(H,21,22)/t15-,16+/m1/s1. The van der Waals surface area contributed by atoms with Crippen LogP contribution in [0.15, 0.2) is 24.3 Å². The lowest BCUT2D eigenvalue weighted by molar-refractivity contribution is -0.142. The Morgan fingerprint density at radius 1 is 1.14 bits per heavy atom. The van der Waals surface area contributed by atoms with E-state index < -0.39 is 11.9 Å². The van der Waals surface area contributed by atoms with Gasteiger partial charge in [-0.05, 0) is 48.3 Å². The van der Waals surface area contributed by atoms with Gasteiger partial charge in [0.25, 0.3) is 5.91 Å². The Bertz CT molecular complexity index is 574. The van der Waals surface area contributed by atoms with E-state index in [2.05, 4.69) is 13.8 Å². The number of carbonyl (C=O) groups excluding carboxylic acids is 1. The van der Waals surface area contributed by atoms with Crippen LogP contribution in [0.2, 0.25) is 0 Å². The molecule has 4 heteroatoms. The fourth-order valence-corrected chi connectivity index (χ4v) is 3.45. The van der Waals surface area contributed by atoms with Gasteiger partial charge in [-0.2, -0.15) is 0 Å². The van der Waals surface area contributed by atoms with Crippen LogP contribution in [-0.4, -0.2) is 35.0 Å². The van der Waals surface area contributed by atoms with Gasteiger partial charge in [-0.3, -0.25) is 9.59 Å². The molecule has 1 amide bonds. The minimum absolute atomic E-state index is 0.0373. The molecule has 0 radical (unpaired) electrons. The molecule has 1 N–H and O–H groups in total. The highest BCUT2D eigenvalue weighted by atomic mass is 16.4. The van der Waals surface area contributed by atoms with Gasteiger partial charge in [0.1, 0.15) is 0 Å². The quantitative estimate of drug-likeness (QED) is 0.930. The molecule has 0 spiro atoms. The normalized spacial score (nSPS) is 24.8. The van der Waals surface area contributed by atoms with Crippen molar-refractivity contribution in [1.82, 2.24) is 4.90 Å². The molecular weight excluding hydrogens is 278 g/mol. The van der Waals surface area contributed by atoms with Crippen molar-refractivity contribution in [3.05, 3.63) is 35.4 Å².